The lowest BCUT2D eigenvalue weighted by molar-refractivity contribution is 1.61. The highest BCUT2D eigenvalue weighted by molar-refractivity contribution is 9.11. The highest BCUT2D eigenvalue weighted by Gasteiger charge is 2.15. The minimum atomic E-state index is 1.21. The summed E-state index contributed by atoms with van der Waals surface area (Å²) in [7, 11) is 0. The molecule has 0 saturated carbocycles. The van der Waals surface area contributed by atoms with Crippen molar-refractivity contribution in [1.29, 1.82) is 0 Å². The summed E-state index contributed by atoms with van der Waals surface area (Å²) in [4.78, 5) is 0. The molecule has 0 unspecified atom stereocenters. The number of hydrogen-bond donors (Lipinski definition) is 0. The van der Waals surface area contributed by atoms with Crippen molar-refractivity contribution in [3.05, 3.63) is 57.5 Å². The Balaban J connectivity index is 1.83. The van der Waals surface area contributed by atoms with Gasteiger partial charge in [0.15, 0.2) is 0 Å². The van der Waals surface area contributed by atoms with E-state index in [0.29, 0.717) is 0 Å². The Morgan fingerprint density at radius 2 is 1.10 bits per heavy atom. The second-order valence-electron chi connectivity index (χ2n) is 4.50. The topological polar surface area (TPSA) is 0 Å². The van der Waals surface area contributed by atoms with E-state index < -0.39 is 0 Å². The lowest BCUT2D eigenvalue weighted by Gasteiger charge is -1.96. The van der Waals surface area contributed by atoms with E-state index in [1.807, 2.05) is 34.4 Å². The van der Waals surface area contributed by atoms with E-state index >= 15 is 0 Å². The highest BCUT2D eigenvalue weighted by atomic mass is 79.9. The van der Waals surface area contributed by atoms with Crippen molar-refractivity contribution in [2.45, 2.75) is 8.42 Å². The van der Waals surface area contributed by atoms with E-state index in [4.69, 9.17) is 0 Å². The van der Waals surface area contributed by atoms with Crippen LogP contribution in [-0.4, -0.2) is 0 Å². The standard InChI is InChI=1S/C16H8Br2S3/c17-13-9-5-1-3-7-11(9)19-15(13)21-16-14(18)10-6-2-4-8-12(10)20-16/h1-8H. The van der Waals surface area contributed by atoms with Gasteiger partial charge in [0.25, 0.3) is 0 Å². The molecule has 2 aromatic heterocycles. The minimum absolute atomic E-state index is 1.21. The average Bonchev–Trinajstić information content (AvgIpc) is 2.99. The predicted molar refractivity (Wildman–Crippen MR) is 103 cm³/mol. The smallest absolute Gasteiger partial charge is 0.0809 e. The summed E-state index contributed by atoms with van der Waals surface area (Å²) < 4.78 is 7.68. The van der Waals surface area contributed by atoms with Gasteiger partial charge in [-0.3, -0.25) is 0 Å². The fourth-order valence-electron chi connectivity index (χ4n) is 2.20. The number of rotatable bonds is 2. The van der Waals surface area contributed by atoms with Crippen molar-refractivity contribution in [3.63, 3.8) is 0 Å². The zero-order valence-corrected chi connectivity index (χ0v) is 16.2. The lowest BCUT2D eigenvalue weighted by Crippen LogP contribution is -1.66. The van der Waals surface area contributed by atoms with E-state index in [1.54, 1.807) is 0 Å². The molecule has 0 fully saturated rings. The van der Waals surface area contributed by atoms with E-state index in [2.05, 4.69) is 80.4 Å². The molecule has 0 aliphatic rings. The van der Waals surface area contributed by atoms with Crippen molar-refractivity contribution in [2.24, 2.45) is 0 Å². The highest BCUT2D eigenvalue weighted by Crippen LogP contribution is 2.50. The third kappa shape index (κ3) is 2.49. The van der Waals surface area contributed by atoms with Gasteiger partial charge in [0, 0.05) is 20.2 Å². The quantitative estimate of drug-likeness (QED) is 0.297. The maximum absolute atomic E-state index is 3.76. The largest absolute Gasteiger partial charge is 0.127 e. The Labute approximate surface area is 151 Å². The molecule has 0 saturated heterocycles. The van der Waals surface area contributed by atoms with Crippen LogP contribution in [0.15, 0.2) is 65.9 Å². The fraction of sp³-hybridized carbons (Fsp3) is 0. The number of hydrogen-bond acceptors (Lipinski definition) is 3. The third-order valence-corrected chi connectivity index (χ3v) is 9.60. The Hall–Kier alpha value is -0.330. The monoisotopic (exact) mass is 454 g/mol. The molecule has 2 aromatic carbocycles. The zero-order valence-electron chi connectivity index (χ0n) is 10.6. The van der Waals surface area contributed by atoms with Gasteiger partial charge in [-0.2, -0.15) is 0 Å². The normalized spacial score (nSPS) is 11.5. The number of thiophene rings is 2. The number of benzene rings is 2. The molecule has 21 heavy (non-hydrogen) atoms. The van der Waals surface area contributed by atoms with Gasteiger partial charge in [0.2, 0.25) is 0 Å². The van der Waals surface area contributed by atoms with Crippen LogP contribution in [0.3, 0.4) is 0 Å². The molecule has 0 nitrogen and oxygen atoms in total. The van der Waals surface area contributed by atoms with Gasteiger partial charge in [-0.1, -0.05) is 48.2 Å². The summed E-state index contributed by atoms with van der Waals surface area (Å²) in [5.74, 6) is 0. The first kappa shape index (κ1) is 14.3. The summed E-state index contributed by atoms with van der Waals surface area (Å²) >= 11 is 13.0. The minimum Gasteiger partial charge on any atom is -0.127 e. The molecule has 0 bridgehead atoms. The summed E-state index contributed by atoms with van der Waals surface area (Å²) in [6.45, 7) is 0. The number of halogens is 2. The van der Waals surface area contributed by atoms with Gasteiger partial charge in [-0.25, -0.2) is 0 Å². The molecule has 104 valence electrons. The van der Waals surface area contributed by atoms with Gasteiger partial charge in [0.1, 0.15) is 0 Å². The van der Waals surface area contributed by atoms with Gasteiger partial charge in [-0.05, 0) is 44.0 Å². The maximum atomic E-state index is 3.76. The fourth-order valence-corrected chi connectivity index (χ4v) is 7.87. The third-order valence-electron chi connectivity index (χ3n) is 3.20. The molecular formula is C16H8Br2S3. The van der Waals surface area contributed by atoms with Crippen molar-refractivity contribution in [2.75, 3.05) is 0 Å². The van der Waals surface area contributed by atoms with Crippen LogP contribution in [0.5, 0.6) is 0 Å². The number of fused-ring (bicyclic) bond motifs is 2. The van der Waals surface area contributed by atoms with Crippen molar-refractivity contribution >= 4 is 86.5 Å². The van der Waals surface area contributed by atoms with E-state index in [0.717, 1.165) is 0 Å². The maximum Gasteiger partial charge on any atom is 0.0809 e. The lowest BCUT2D eigenvalue weighted by atomic mass is 10.3. The molecule has 0 atom stereocenters. The predicted octanol–water partition coefficient (Wildman–Crippen LogP) is 7.79. The summed E-state index contributed by atoms with van der Waals surface area (Å²) in [6.07, 6.45) is 0. The van der Waals surface area contributed by atoms with Gasteiger partial charge in [-0.15, -0.1) is 22.7 Å². The van der Waals surface area contributed by atoms with Crippen LogP contribution in [0.4, 0.5) is 0 Å². The molecular weight excluding hydrogens is 448 g/mol. The SMILES string of the molecule is Brc1c(Sc2sc3ccccc3c2Br)sc2ccccc12. The van der Waals surface area contributed by atoms with Crippen LogP contribution in [0.2, 0.25) is 0 Å². The first-order chi connectivity index (χ1) is 10.2. The first-order valence-electron chi connectivity index (χ1n) is 6.26. The van der Waals surface area contributed by atoms with Crippen LogP contribution < -0.4 is 0 Å². The van der Waals surface area contributed by atoms with Gasteiger partial charge >= 0.3 is 0 Å². The summed E-state index contributed by atoms with van der Waals surface area (Å²) in [6, 6.07) is 17.0. The van der Waals surface area contributed by atoms with Crippen LogP contribution >= 0.6 is 66.3 Å². The zero-order chi connectivity index (χ0) is 14.4. The summed E-state index contributed by atoms with van der Waals surface area (Å²) in [5.41, 5.74) is 0. The first-order valence-corrected chi connectivity index (χ1v) is 10.3. The van der Waals surface area contributed by atoms with E-state index in [-0.39, 0.29) is 0 Å². The second-order valence-corrected chi connectivity index (χ2v) is 9.73. The van der Waals surface area contributed by atoms with Crippen LogP contribution in [0, 0.1) is 0 Å². The Kier molecular flexibility index (Phi) is 3.88. The molecule has 5 heteroatoms. The molecule has 0 radical (unpaired) electrons. The Morgan fingerprint density at radius 3 is 1.52 bits per heavy atom. The van der Waals surface area contributed by atoms with Crippen LogP contribution in [-0.2, 0) is 0 Å². The van der Waals surface area contributed by atoms with Crippen molar-refractivity contribution in [3.8, 4) is 0 Å². The molecule has 2 heterocycles. The molecule has 4 rings (SSSR count). The van der Waals surface area contributed by atoms with E-state index in [1.165, 1.54) is 37.5 Å². The molecule has 0 N–H and O–H groups in total. The van der Waals surface area contributed by atoms with Crippen molar-refractivity contribution < 1.29 is 0 Å². The average molecular weight is 456 g/mol. The van der Waals surface area contributed by atoms with Crippen LogP contribution in [0.25, 0.3) is 20.2 Å². The molecule has 0 spiro atoms. The molecule has 0 aliphatic carbocycles. The Bertz CT molecular complexity index is 875. The summed E-state index contributed by atoms with van der Waals surface area (Å²) in [5, 5.41) is 2.59. The molecule has 4 aromatic rings. The van der Waals surface area contributed by atoms with Crippen molar-refractivity contribution in [1.82, 2.24) is 0 Å². The molecule has 0 amide bonds. The second kappa shape index (κ2) is 5.70. The Morgan fingerprint density at radius 1 is 0.667 bits per heavy atom. The van der Waals surface area contributed by atoms with Gasteiger partial charge < -0.3 is 0 Å². The molecule has 0 aliphatic heterocycles. The van der Waals surface area contributed by atoms with Gasteiger partial charge in [0.05, 0.1) is 17.4 Å². The van der Waals surface area contributed by atoms with E-state index in [9.17, 15) is 0 Å². The van der Waals surface area contributed by atoms with Crippen LogP contribution in [0.1, 0.15) is 0 Å².